The zero-order valence-electron chi connectivity index (χ0n) is 11.5. The molecule has 0 saturated heterocycles. The maximum absolute atomic E-state index is 11.7. The Kier molecular flexibility index (Phi) is 8.52. The molecule has 0 fully saturated rings. The summed E-state index contributed by atoms with van der Waals surface area (Å²) in [6.45, 7) is 4.43. The molecule has 109 valence electrons. The predicted octanol–water partition coefficient (Wildman–Crippen LogP) is -0.782. The van der Waals surface area contributed by atoms with E-state index in [1.165, 1.54) is 0 Å². The van der Waals surface area contributed by atoms with Crippen LogP contribution < -0.4 is 22.1 Å². The molecule has 0 aromatic carbocycles. The first-order valence-corrected chi connectivity index (χ1v) is 6.38. The molecule has 7 heteroatoms. The van der Waals surface area contributed by atoms with Crippen LogP contribution in [-0.2, 0) is 9.59 Å². The van der Waals surface area contributed by atoms with E-state index >= 15 is 0 Å². The van der Waals surface area contributed by atoms with E-state index < -0.39 is 12.1 Å². The third-order valence-corrected chi connectivity index (χ3v) is 2.51. The van der Waals surface area contributed by atoms with Gasteiger partial charge in [0.25, 0.3) is 0 Å². The number of hydrogen-bond donors (Lipinski definition) is 5. The SMILES string of the molecule is CC(C)CC(N)C(=O)NC([C]=O)CCCNC(=N)N. The minimum absolute atomic E-state index is 0.116. The fourth-order valence-corrected chi connectivity index (χ4v) is 1.58. The highest BCUT2D eigenvalue weighted by molar-refractivity contribution is 5.84. The number of guanidine groups is 1. The normalized spacial score (nSPS) is 13.7. The van der Waals surface area contributed by atoms with Crippen molar-refractivity contribution < 1.29 is 9.59 Å². The van der Waals surface area contributed by atoms with Crippen molar-refractivity contribution in [3.63, 3.8) is 0 Å². The minimum Gasteiger partial charge on any atom is -0.370 e. The summed E-state index contributed by atoms with van der Waals surface area (Å²) in [6, 6.07) is -1.27. The van der Waals surface area contributed by atoms with Gasteiger partial charge in [0.2, 0.25) is 12.2 Å². The van der Waals surface area contributed by atoms with Gasteiger partial charge in [-0.05, 0) is 25.2 Å². The molecule has 0 aromatic heterocycles. The van der Waals surface area contributed by atoms with Gasteiger partial charge in [0, 0.05) is 6.54 Å². The maximum Gasteiger partial charge on any atom is 0.237 e. The molecule has 0 aliphatic heterocycles. The predicted molar refractivity (Wildman–Crippen MR) is 74.2 cm³/mol. The molecular formula is C12H24N5O2. The molecule has 2 atom stereocenters. The molecule has 0 aliphatic rings. The second-order valence-corrected chi connectivity index (χ2v) is 4.90. The molecule has 0 rings (SSSR count). The Bertz CT molecular complexity index is 306. The van der Waals surface area contributed by atoms with Crippen molar-refractivity contribution in [2.75, 3.05) is 6.54 Å². The molecule has 0 bridgehead atoms. The number of nitrogens with two attached hydrogens (primary N) is 2. The first-order chi connectivity index (χ1) is 8.86. The molecule has 2 unspecified atom stereocenters. The van der Waals surface area contributed by atoms with Crippen molar-refractivity contribution >= 4 is 18.2 Å². The van der Waals surface area contributed by atoms with Gasteiger partial charge in [0.05, 0.1) is 12.1 Å². The number of hydrogen-bond acceptors (Lipinski definition) is 4. The zero-order valence-corrected chi connectivity index (χ0v) is 11.5. The number of rotatable bonds is 9. The number of amides is 1. The van der Waals surface area contributed by atoms with Gasteiger partial charge < -0.3 is 22.1 Å². The van der Waals surface area contributed by atoms with E-state index in [1.54, 1.807) is 6.29 Å². The number of carbonyl (C=O) groups excluding carboxylic acids is 2. The summed E-state index contributed by atoms with van der Waals surface area (Å²) in [5.41, 5.74) is 10.8. The summed E-state index contributed by atoms with van der Waals surface area (Å²) in [5.74, 6) is -0.129. The van der Waals surface area contributed by atoms with Crippen LogP contribution >= 0.6 is 0 Å². The lowest BCUT2D eigenvalue weighted by atomic mass is 10.0. The fraction of sp³-hybridized carbons (Fsp3) is 0.750. The first kappa shape index (κ1) is 17.4. The lowest BCUT2D eigenvalue weighted by molar-refractivity contribution is -0.123. The molecule has 0 heterocycles. The van der Waals surface area contributed by atoms with Crippen LogP contribution in [0.4, 0.5) is 0 Å². The minimum atomic E-state index is -0.667. The molecule has 0 saturated carbocycles. The topological polar surface area (TPSA) is 134 Å². The van der Waals surface area contributed by atoms with Crippen LogP contribution in [0.25, 0.3) is 0 Å². The molecule has 19 heavy (non-hydrogen) atoms. The first-order valence-electron chi connectivity index (χ1n) is 6.38. The monoisotopic (exact) mass is 270 g/mol. The highest BCUT2D eigenvalue weighted by Gasteiger charge is 2.18. The number of carbonyl (C=O) groups is 1. The maximum atomic E-state index is 11.7. The third kappa shape index (κ3) is 9.01. The highest BCUT2D eigenvalue weighted by atomic mass is 16.2. The summed E-state index contributed by atoms with van der Waals surface area (Å²) >= 11 is 0. The van der Waals surface area contributed by atoms with E-state index in [-0.39, 0.29) is 11.9 Å². The molecular weight excluding hydrogens is 246 g/mol. The molecule has 0 aromatic rings. The van der Waals surface area contributed by atoms with Crippen molar-refractivity contribution in [2.24, 2.45) is 17.4 Å². The lowest BCUT2D eigenvalue weighted by Gasteiger charge is -2.17. The quantitative estimate of drug-likeness (QED) is 0.213. The van der Waals surface area contributed by atoms with Crippen LogP contribution in [0.1, 0.15) is 33.1 Å². The molecule has 1 amide bonds. The van der Waals surface area contributed by atoms with Crippen LogP contribution in [0.3, 0.4) is 0 Å². The Balaban J connectivity index is 4.00. The van der Waals surface area contributed by atoms with Crippen molar-refractivity contribution in [3.8, 4) is 0 Å². The van der Waals surface area contributed by atoms with Crippen molar-refractivity contribution in [3.05, 3.63) is 0 Å². The average Bonchev–Trinajstić information content (AvgIpc) is 2.31. The Morgan fingerprint density at radius 3 is 2.53 bits per heavy atom. The largest absolute Gasteiger partial charge is 0.370 e. The van der Waals surface area contributed by atoms with E-state index in [9.17, 15) is 9.59 Å². The summed E-state index contributed by atoms with van der Waals surface area (Å²) in [5, 5.41) is 12.1. The van der Waals surface area contributed by atoms with Crippen LogP contribution in [0.2, 0.25) is 0 Å². The van der Waals surface area contributed by atoms with Gasteiger partial charge in [0.1, 0.15) is 0 Å². The average molecular weight is 270 g/mol. The molecule has 0 spiro atoms. The van der Waals surface area contributed by atoms with Crippen molar-refractivity contribution in [1.82, 2.24) is 10.6 Å². The van der Waals surface area contributed by atoms with Crippen LogP contribution in [-0.4, -0.2) is 36.8 Å². The second kappa shape index (κ2) is 9.32. The van der Waals surface area contributed by atoms with E-state index in [1.807, 2.05) is 13.8 Å². The van der Waals surface area contributed by atoms with Crippen molar-refractivity contribution in [1.29, 1.82) is 5.41 Å². The number of nitrogens with one attached hydrogen (secondary N) is 3. The molecule has 7 nitrogen and oxygen atoms in total. The molecule has 7 N–H and O–H groups in total. The highest BCUT2D eigenvalue weighted by Crippen LogP contribution is 2.03. The Hall–Kier alpha value is -1.63. The smallest absolute Gasteiger partial charge is 0.237 e. The lowest BCUT2D eigenvalue weighted by Crippen LogP contribution is -2.46. The van der Waals surface area contributed by atoms with Gasteiger partial charge in [0.15, 0.2) is 5.96 Å². The summed E-state index contributed by atoms with van der Waals surface area (Å²) < 4.78 is 0. The van der Waals surface area contributed by atoms with E-state index in [2.05, 4.69) is 10.6 Å². The van der Waals surface area contributed by atoms with Gasteiger partial charge in [-0.15, -0.1) is 0 Å². The van der Waals surface area contributed by atoms with E-state index in [4.69, 9.17) is 16.9 Å². The van der Waals surface area contributed by atoms with Gasteiger partial charge in [-0.25, -0.2) is 0 Å². The molecule has 1 radical (unpaired) electrons. The van der Waals surface area contributed by atoms with Gasteiger partial charge in [-0.1, -0.05) is 13.8 Å². The Morgan fingerprint density at radius 2 is 2.05 bits per heavy atom. The zero-order chi connectivity index (χ0) is 14.8. The Labute approximate surface area is 114 Å². The van der Waals surface area contributed by atoms with Crippen LogP contribution in [0.5, 0.6) is 0 Å². The van der Waals surface area contributed by atoms with Gasteiger partial charge >= 0.3 is 0 Å². The van der Waals surface area contributed by atoms with Gasteiger partial charge in [-0.2, -0.15) is 0 Å². The summed E-state index contributed by atoms with van der Waals surface area (Å²) in [6.07, 6.45) is 3.38. The van der Waals surface area contributed by atoms with E-state index in [0.717, 1.165) is 0 Å². The van der Waals surface area contributed by atoms with Crippen LogP contribution in [0, 0.1) is 11.3 Å². The molecule has 0 aliphatic carbocycles. The van der Waals surface area contributed by atoms with E-state index in [0.29, 0.717) is 31.7 Å². The summed E-state index contributed by atoms with van der Waals surface area (Å²) in [7, 11) is 0. The van der Waals surface area contributed by atoms with Crippen LogP contribution in [0.15, 0.2) is 0 Å². The standard InChI is InChI=1S/C12H24N5O2/c1-8(2)6-10(13)11(19)17-9(7-18)4-3-5-16-12(14)15/h8-10H,3-6,13H2,1-2H3,(H,17,19)(H4,14,15,16). The second-order valence-electron chi connectivity index (χ2n) is 4.90. The van der Waals surface area contributed by atoms with Gasteiger partial charge in [-0.3, -0.25) is 15.0 Å². The van der Waals surface area contributed by atoms with Crippen molar-refractivity contribution in [2.45, 2.75) is 45.2 Å². The third-order valence-electron chi connectivity index (χ3n) is 2.51. The fourth-order valence-electron chi connectivity index (χ4n) is 1.58. The summed E-state index contributed by atoms with van der Waals surface area (Å²) in [4.78, 5) is 22.4. The Morgan fingerprint density at radius 1 is 1.42 bits per heavy atom.